The Kier molecular flexibility index (Phi) is 5.13. The monoisotopic (exact) mass is 349 g/mol. The summed E-state index contributed by atoms with van der Waals surface area (Å²) in [4.78, 5) is 2.67. The summed E-state index contributed by atoms with van der Waals surface area (Å²) in [5.41, 5.74) is 2.33. The maximum atomic E-state index is 10.9. The number of thioether (sulfide) groups is 1. The van der Waals surface area contributed by atoms with Gasteiger partial charge >= 0.3 is 10.1 Å². The molecule has 2 rings (SSSR count). The van der Waals surface area contributed by atoms with Gasteiger partial charge < -0.3 is 4.90 Å². The minimum atomic E-state index is -3.64. The number of hydrogen-bond donors (Lipinski definition) is 0. The van der Waals surface area contributed by atoms with Gasteiger partial charge in [-0.05, 0) is 29.8 Å². The van der Waals surface area contributed by atoms with Gasteiger partial charge in [-0.15, -0.1) is 0 Å². The summed E-state index contributed by atoms with van der Waals surface area (Å²) in [5.74, 6) is 0. The molecule has 1 aliphatic rings. The fourth-order valence-electron chi connectivity index (χ4n) is 1.80. The molecule has 0 unspecified atom stereocenters. The summed E-state index contributed by atoms with van der Waals surface area (Å²) < 4.78 is 26.3. The third kappa shape index (κ3) is 4.61. The lowest BCUT2D eigenvalue weighted by molar-refractivity contribution is 0.345. The number of oxime groups is 1. The van der Waals surface area contributed by atoms with E-state index in [1.54, 1.807) is 12.2 Å². The van der Waals surface area contributed by atoms with E-state index in [0.29, 0.717) is 15.5 Å². The van der Waals surface area contributed by atoms with Crippen molar-refractivity contribution in [2.75, 3.05) is 25.3 Å². The lowest BCUT2D eigenvalue weighted by Gasteiger charge is -2.12. The highest BCUT2D eigenvalue weighted by Crippen LogP contribution is 2.34. The molecule has 0 aromatic heterocycles. The molecule has 0 N–H and O–H groups in total. The predicted molar refractivity (Wildman–Crippen MR) is 93.4 cm³/mol. The third-order valence-electron chi connectivity index (χ3n) is 2.89. The summed E-state index contributed by atoms with van der Waals surface area (Å²) >= 11 is 1.19. The van der Waals surface area contributed by atoms with Gasteiger partial charge in [-0.1, -0.05) is 29.1 Å². The van der Waals surface area contributed by atoms with Crippen LogP contribution in [-0.2, 0) is 14.4 Å². The molecular weight excluding hydrogens is 334 g/mol. The highest BCUT2D eigenvalue weighted by Gasteiger charge is 2.16. The van der Waals surface area contributed by atoms with E-state index in [0.717, 1.165) is 17.5 Å². The zero-order valence-electron chi connectivity index (χ0n) is 12.8. The second-order valence-corrected chi connectivity index (χ2v) is 7.56. The average molecular weight is 349 g/mol. The quantitative estimate of drug-likeness (QED) is 0.614. The van der Waals surface area contributed by atoms with Crippen LogP contribution in [0.15, 0.2) is 46.5 Å². The lowest BCUT2D eigenvalue weighted by Crippen LogP contribution is -2.08. The Morgan fingerprint density at radius 1 is 1.26 bits per heavy atom. The molecule has 0 atom stereocenters. The first-order valence-corrected chi connectivity index (χ1v) is 9.18. The second kappa shape index (κ2) is 6.89. The van der Waals surface area contributed by atoms with Gasteiger partial charge in [0.1, 0.15) is 11.1 Å². The number of hydrogen-bond acceptors (Lipinski definition) is 7. The Morgan fingerprint density at radius 3 is 2.43 bits per heavy atom. The summed E-state index contributed by atoms with van der Waals surface area (Å²) in [6.07, 6.45) is 4.24. The summed E-state index contributed by atoms with van der Waals surface area (Å²) in [5, 5.41) is 13.4. The number of benzene rings is 1. The molecule has 1 aromatic carbocycles. The fraction of sp³-hybridized carbons (Fsp3) is 0.200. The van der Waals surface area contributed by atoms with E-state index in [-0.39, 0.29) is 0 Å². The number of rotatable bonds is 4. The van der Waals surface area contributed by atoms with Gasteiger partial charge in [0.2, 0.25) is 0 Å². The molecule has 1 aromatic rings. The first-order chi connectivity index (χ1) is 10.8. The van der Waals surface area contributed by atoms with Crippen molar-refractivity contribution in [1.82, 2.24) is 0 Å². The van der Waals surface area contributed by atoms with Gasteiger partial charge in [0.05, 0.1) is 11.8 Å². The molecule has 0 saturated carbocycles. The van der Waals surface area contributed by atoms with Gasteiger partial charge in [-0.2, -0.15) is 13.7 Å². The molecular formula is C15H15N3O3S2. The van der Waals surface area contributed by atoms with E-state index in [1.165, 1.54) is 11.8 Å². The van der Waals surface area contributed by atoms with Gasteiger partial charge in [0.25, 0.3) is 0 Å². The molecule has 0 amide bonds. The summed E-state index contributed by atoms with van der Waals surface area (Å²) in [6.45, 7) is 0. The highest BCUT2D eigenvalue weighted by molar-refractivity contribution is 8.18. The minimum absolute atomic E-state index is 0.378. The first kappa shape index (κ1) is 17.1. The smallest absolute Gasteiger partial charge is 0.325 e. The van der Waals surface area contributed by atoms with E-state index < -0.39 is 10.1 Å². The summed E-state index contributed by atoms with van der Waals surface area (Å²) in [6, 6.07) is 9.78. The van der Waals surface area contributed by atoms with Crippen LogP contribution in [0.1, 0.15) is 5.56 Å². The van der Waals surface area contributed by atoms with Gasteiger partial charge in [0.15, 0.2) is 0 Å². The topological polar surface area (TPSA) is 82.8 Å². The normalized spacial score (nSPS) is 17.9. The van der Waals surface area contributed by atoms with Crippen molar-refractivity contribution in [2.45, 2.75) is 0 Å². The third-order valence-corrected chi connectivity index (χ3v) is 4.21. The molecule has 1 heterocycles. The Balaban J connectivity index is 2.26. The molecule has 120 valence electrons. The van der Waals surface area contributed by atoms with Crippen molar-refractivity contribution in [3.63, 3.8) is 0 Å². The van der Waals surface area contributed by atoms with Crippen molar-refractivity contribution < 1.29 is 12.7 Å². The van der Waals surface area contributed by atoms with Crippen molar-refractivity contribution in [1.29, 1.82) is 5.26 Å². The Bertz CT molecular complexity index is 830. The molecule has 6 nitrogen and oxygen atoms in total. The van der Waals surface area contributed by atoms with Crippen LogP contribution in [0.4, 0.5) is 5.69 Å². The maximum Gasteiger partial charge on any atom is 0.325 e. The zero-order valence-corrected chi connectivity index (χ0v) is 14.5. The Hall–Kier alpha value is -2.24. The average Bonchev–Trinajstić information content (AvgIpc) is 2.94. The first-order valence-electron chi connectivity index (χ1n) is 6.55. The van der Waals surface area contributed by atoms with Crippen molar-refractivity contribution in [2.24, 2.45) is 5.16 Å². The maximum absolute atomic E-state index is 10.9. The van der Waals surface area contributed by atoms with E-state index in [2.05, 4.69) is 15.5 Å². The van der Waals surface area contributed by atoms with E-state index in [9.17, 15) is 13.7 Å². The second-order valence-electron chi connectivity index (χ2n) is 4.94. The van der Waals surface area contributed by atoms with Crippen LogP contribution in [0.25, 0.3) is 5.57 Å². The number of nitriles is 1. The van der Waals surface area contributed by atoms with Gasteiger partial charge in [-0.3, -0.25) is 4.28 Å². The predicted octanol–water partition coefficient (Wildman–Crippen LogP) is 2.58. The van der Waals surface area contributed by atoms with Crippen molar-refractivity contribution in [3.05, 3.63) is 46.9 Å². The lowest BCUT2D eigenvalue weighted by atomic mass is 10.1. The SMILES string of the molecule is CN(C)c1ccc(C(C#N)=C2C=CC(=NOS(C)(=O)=O)S2)cc1. The minimum Gasteiger partial charge on any atom is -0.378 e. The van der Waals surface area contributed by atoms with Crippen LogP contribution in [0.3, 0.4) is 0 Å². The van der Waals surface area contributed by atoms with E-state index in [4.69, 9.17) is 0 Å². The number of anilines is 1. The van der Waals surface area contributed by atoms with Crippen LogP contribution in [0, 0.1) is 11.3 Å². The van der Waals surface area contributed by atoms with Gasteiger partial charge in [0, 0.05) is 24.7 Å². The molecule has 0 spiro atoms. The van der Waals surface area contributed by atoms with Gasteiger partial charge in [-0.25, -0.2) is 0 Å². The van der Waals surface area contributed by atoms with E-state index in [1.807, 2.05) is 43.3 Å². The van der Waals surface area contributed by atoms with Crippen LogP contribution in [-0.4, -0.2) is 33.8 Å². The van der Waals surface area contributed by atoms with E-state index >= 15 is 0 Å². The molecule has 8 heteroatoms. The molecule has 0 aliphatic carbocycles. The van der Waals surface area contributed by atoms with Crippen molar-refractivity contribution >= 4 is 38.2 Å². The molecule has 0 radical (unpaired) electrons. The van der Waals surface area contributed by atoms with Crippen LogP contribution >= 0.6 is 11.8 Å². The Morgan fingerprint density at radius 2 is 1.91 bits per heavy atom. The molecule has 0 saturated heterocycles. The standard InChI is InChI=1S/C15H15N3O3S2/c1-18(2)12-6-4-11(5-7-12)13(10-16)14-8-9-15(22-14)17-21-23(3,19)20/h4-9H,1-3H3. The zero-order chi connectivity index (χ0) is 17.0. The van der Waals surface area contributed by atoms with Crippen LogP contribution < -0.4 is 4.90 Å². The fourth-order valence-corrected chi connectivity index (χ4v) is 2.90. The Labute approximate surface area is 139 Å². The number of nitrogens with zero attached hydrogens (tertiary/aromatic N) is 3. The van der Waals surface area contributed by atoms with Crippen LogP contribution in [0.2, 0.25) is 0 Å². The number of allylic oxidation sites excluding steroid dienone is 2. The molecule has 0 bridgehead atoms. The van der Waals surface area contributed by atoms with Crippen LogP contribution in [0.5, 0.6) is 0 Å². The van der Waals surface area contributed by atoms with Crippen molar-refractivity contribution in [3.8, 4) is 6.07 Å². The highest BCUT2D eigenvalue weighted by atomic mass is 32.2. The largest absolute Gasteiger partial charge is 0.378 e. The molecule has 1 aliphatic heterocycles. The summed E-state index contributed by atoms with van der Waals surface area (Å²) in [7, 11) is 0.246. The molecule has 0 fully saturated rings. The molecule has 23 heavy (non-hydrogen) atoms.